The van der Waals surface area contributed by atoms with Gasteiger partial charge in [0.05, 0.1) is 5.54 Å². The molecule has 2 unspecified atom stereocenters. The average Bonchev–Trinajstić information content (AvgIpc) is 2.37. The van der Waals surface area contributed by atoms with Crippen LogP contribution in [0.15, 0.2) is 0 Å². The van der Waals surface area contributed by atoms with Crippen LogP contribution < -0.4 is 11.1 Å². The number of nitrogens with two attached hydrogens (primary N) is 1. The maximum absolute atomic E-state index is 11.8. The average molecular weight is 283 g/mol. The van der Waals surface area contributed by atoms with E-state index < -0.39 is 5.54 Å². The number of primary amides is 1. The highest BCUT2D eigenvalue weighted by Gasteiger charge is 2.35. The van der Waals surface area contributed by atoms with Crippen LogP contribution in [0.4, 0.5) is 0 Å². The molecule has 1 saturated carbocycles. The molecular formula is C16H33N3O. The molecule has 1 fully saturated rings. The Morgan fingerprint density at radius 1 is 1.30 bits per heavy atom. The van der Waals surface area contributed by atoms with Gasteiger partial charge in [-0.25, -0.2) is 0 Å². The lowest BCUT2D eigenvalue weighted by molar-refractivity contribution is -0.125. The van der Waals surface area contributed by atoms with Crippen LogP contribution in [0.25, 0.3) is 0 Å². The summed E-state index contributed by atoms with van der Waals surface area (Å²) in [6.45, 7) is 8.24. The van der Waals surface area contributed by atoms with Crippen LogP contribution >= 0.6 is 0 Å². The smallest absolute Gasteiger partial charge is 0.237 e. The maximum Gasteiger partial charge on any atom is 0.237 e. The molecule has 20 heavy (non-hydrogen) atoms. The van der Waals surface area contributed by atoms with Gasteiger partial charge in [0.25, 0.3) is 0 Å². The zero-order valence-corrected chi connectivity index (χ0v) is 13.9. The van der Waals surface area contributed by atoms with Crippen LogP contribution in [0.1, 0.15) is 66.2 Å². The number of carbonyl (C=O) groups excluding carboxylic acids is 1. The van der Waals surface area contributed by atoms with Crippen molar-refractivity contribution in [3.8, 4) is 0 Å². The highest BCUT2D eigenvalue weighted by Crippen LogP contribution is 2.25. The van der Waals surface area contributed by atoms with Gasteiger partial charge in [-0.1, -0.05) is 19.3 Å². The molecule has 0 heterocycles. The minimum atomic E-state index is -0.628. The minimum absolute atomic E-state index is 0.250. The summed E-state index contributed by atoms with van der Waals surface area (Å²) in [6.07, 6.45) is 7.36. The summed E-state index contributed by atoms with van der Waals surface area (Å²) in [4.78, 5) is 14.3. The molecule has 0 aromatic carbocycles. The molecule has 118 valence electrons. The van der Waals surface area contributed by atoms with Crippen molar-refractivity contribution in [3.63, 3.8) is 0 Å². The molecule has 0 bridgehead atoms. The zero-order chi connectivity index (χ0) is 15.3. The van der Waals surface area contributed by atoms with Gasteiger partial charge in [0.2, 0.25) is 5.91 Å². The van der Waals surface area contributed by atoms with Gasteiger partial charge in [-0.3, -0.25) is 4.79 Å². The van der Waals surface area contributed by atoms with Gasteiger partial charge in [0, 0.05) is 18.1 Å². The summed E-state index contributed by atoms with van der Waals surface area (Å²) in [5.74, 6) is -0.255. The van der Waals surface area contributed by atoms with E-state index in [0.29, 0.717) is 12.1 Å². The Morgan fingerprint density at radius 3 is 2.30 bits per heavy atom. The van der Waals surface area contributed by atoms with E-state index in [9.17, 15) is 4.79 Å². The number of carbonyl (C=O) groups is 1. The van der Waals surface area contributed by atoms with Crippen molar-refractivity contribution in [1.29, 1.82) is 0 Å². The minimum Gasteiger partial charge on any atom is -0.368 e. The molecule has 0 aromatic heterocycles. The second-order valence-electron chi connectivity index (χ2n) is 7.01. The van der Waals surface area contributed by atoms with Crippen molar-refractivity contribution >= 4 is 5.91 Å². The van der Waals surface area contributed by atoms with Crippen molar-refractivity contribution in [2.45, 2.75) is 89.9 Å². The Bertz CT molecular complexity index is 313. The summed E-state index contributed by atoms with van der Waals surface area (Å²) >= 11 is 0. The molecule has 0 aromatic rings. The van der Waals surface area contributed by atoms with E-state index >= 15 is 0 Å². The number of hydrogen-bond donors (Lipinski definition) is 2. The van der Waals surface area contributed by atoms with Gasteiger partial charge in [-0.2, -0.15) is 0 Å². The van der Waals surface area contributed by atoms with Gasteiger partial charge in [0.1, 0.15) is 0 Å². The first-order valence-electron chi connectivity index (χ1n) is 8.06. The molecule has 2 atom stereocenters. The van der Waals surface area contributed by atoms with Crippen molar-refractivity contribution < 1.29 is 4.79 Å². The largest absolute Gasteiger partial charge is 0.368 e. The fraction of sp³-hybridized carbons (Fsp3) is 0.938. The SMILES string of the molecule is CC(C)NC(C)(CC(C)N(C)C1CCCCC1)C(N)=O. The van der Waals surface area contributed by atoms with E-state index in [1.54, 1.807) is 0 Å². The number of amides is 1. The van der Waals surface area contributed by atoms with Gasteiger partial charge in [-0.05, 0) is 54.0 Å². The summed E-state index contributed by atoms with van der Waals surface area (Å²) in [6, 6.07) is 1.26. The van der Waals surface area contributed by atoms with E-state index in [4.69, 9.17) is 5.73 Å². The summed E-state index contributed by atoms with van der Waals surface area (Å²) in [5.41, 5.74) is 5.00. The normalized spacial score (nSPS) is 21.9. The molecule has 0 saturated heterocycles. The second-order valence-corrected chi connectivity index (χ2v) is 7.01. The van der Waals surface area contributed by atoms with E-state index in [-0.39, 0.29) is 11.9 Å². The summed E-state index contributed by atoms with van der Waals surface area (Å²) in [5, 5.41) is 3.34. The maximum atomic E-state index is 11.8. The van der Waals surface area contributed by atoms with E-state index in [1.807, 2.05) is 6.92 Å². The van der Waals surface area contributed by atoms with Gasteiger partial charge in [0.15, 0.2) is 0 Å². The molecule has 1 aliphatic rings. The summed E-state index contributed by atoms with van der Waals surface area (Å²) in [7, 11) is 2.19. The molecular weight excluding hydrogens is 250 g/mol. The lowest BCUT2D eigenvalue weighted by Crippen LogP contribution is -2.58. The third-order valence-electron chi connectivity index (χ3n) is 4.70. The molecule has 1 rings (SSSR count). The molecule has 3 N–H and O–H groups in total. The Labute approximate surface area is 124 Å². The topological polar surface area (TPSA) is 58.4 Å². The molecule has 0 aliphatic heterocycles. The van der Waals surface area contributed by atoms with Crippen molar-refractivity contribution in [3.05, 3.63) is 0 Å². The van der Waals surface area contributed by atoms with Gasteiger partial charge in [-0.15, -0.1) is 0 Å². The number of nitrogens with one attached hydrogen (secondary N) is 1. The summed E-state index contributed by atoms with van der Waals surface area (Å²) < 4.78 is 0. The predicted octanol–water partition coefficient (Wildman–Crippen LogP) is 2.27. The van der Waals surface area contributed by atoms with Crippen LogP contribution in [0, 0.1) is 0 Å². The number of rotatable bonds is 7. The van der Waals surface area contributed by atoms with E-state index in [0.717, 1.165) is 6.42 Å². The highest BCUT2D eigenvalue weighted by atomic mass is 16.1. The quantitative estimate of drug-likeness (QED) is 0.753. The monoisotopic (exact) mass is 283 g/mol. The van der Waals surface area contributed by atoms with Crippen molar-refractivity contribution in [1.82, 2.24) is 10.2 Å². The molecule has 1 aliphatic carbocycles. The molecule has 0 radical (unpaired) electrons. The first kappa shape index (κ1) is 17.4. The standard InChI is InChI=1S/C16H33N3O/c1-12(2)18-16(4,15(17)20)11-13(3)19(5)14-9-7-6-8-10-14/h12-14,18H,6-11H2,1-5H3,(H2,17,20). The highest BCUT2D eigenvalue weighted by molar-refractivity contribution is 5.84. The van der Waals surface area contributed by atoms with Crippen LogP contribution in [-0.4, -0.2) is 41.5 Å². The predicted molar refractivity (Wildman–Crippen MR) is 84.6 cm³/mol. The van der Waals surface area contributed by atoms with Crippen LogP contribution in [0.5, 0.6) is 0 Å². The number of hydrogen-bond acceptors (Lipinski definition) is 3. The van der Waals surface area contributed by atoms with Crippen molar-refractivity contribution in [2.24, 2.45) is 5.73 Å². The van der Waals surface area contributed by atoms with Crippen LogP contribution in [0.3, 0.4) is 0 Å². The second kappa shape index (κ2) is 7.41. The van der Waals surface area contributed by atoms with Gasteiger partial charge < -0.3 is 16.0 Å². The van der Waals surface area contributed by atoms with Crippen LogP contribution in [-0.2, 0) is 4.79 Å². The lowest BCUT2D eigenvalue weighted by atomic mass is 9.88. The van der Waals surface area contributed by atoms with E-state index in [1.165, 1.54) is 32.1 Å². The van der Waals surface area contributed by atoms with E-state index in [2.05, 4.69) is 38.0 Å². The zero-order valence-electron chi connectivity index (χ0n) is 13.9. The fourth-order valence-corrected chi connectivity index (χ4v) is 3.45. The third kappa shape index (κ3) is 4.74. The lowest BCUT2D eigenvalue weighted by Gasteiger charge is -2.40. The Balaban J connectivity index is 2.64. The van der Waals surface area contributed by atoms with Crippen LogP contribution in [0.2, 0.25) is 0 Å². The Hall–Kier alpha value is -0.610. The molecule has 0 spiro atoms. The van der Waals surface area contributed by atoms with Gasteiger partial charge >= 0.3 is 0 Å². The number of nitrogens with zero attached hydrogens (tertiary/aromatic N) is 1. The fourth-order valence-electron chi connectivity index (χ4n) is 3.45. The molecule has 4 heteroatoms. The Kier molecular flexibility index (Phi) is 6.46. The molecule has 1 amide bonds. The first-order chi connectivity index (χ1) is 9.26. The molecule has 4 nitrogen and oxygen atoms in total. The van der Waals surface area contributed by atoms with Crippen molar-refractivity contribution in [2.75, 3.05) is 7.05 Å². The first-order valence-corrected chi connectivity index (χ1v) is 8.06. The third-order valence-corrected chi connectivity index (χ3v) is 4.70. The Morgan fingerprint density at radius 2 is 1.85 bits per heavy atom.